The van der Waals surface area contributed by atoms with Crippen LogP contribution in [0.4, 0.5) is 5.82 Å². The summed E-state index contributed by atoms with van der Waals surface area (Å²) in [6.45, 7) is 1.87. The molecule has 0 aliphatic carbocycles. The zero-order valence-corrected chi connectivity index (χ0v) is 11.2. The quantitative estimate of drug-likeness (QED) is 0.797. The lowest BCUT2D eigenvalue weighted by Gasteiger charge is -2.30. The molecule has 4 nitrogen and oxygen atoms in total. The number of rotatable bonds is 1. The van der Waals surface area contributed by atoms with E-state index in [0.717, 1.165) is 31.7 Å². The molecule has 1 aliphatic heterocycles. The van der Waals surface area contributed by atoms with E-state index in [1.165, 1.54) is 6.33 Å². The zero-order valence-electron chi connectivity index (χ0n) is 8.04. The molecule has 0 saturated carbocycles. The molecular formula is C9H11Br2N3O. The Labute approximate surface area is 104 Å². The number of halogens is 2. The second kappa shape index (κ2) is 4.65. The molecule has 0 radical (unpaired) electrons. The number of anilines is 1. The predicted molar refractivity (Wildman–Crippen MR) is 66.7 cm³/mol. The topological polar surface area (TPSA) is 49.0 Å². The first kappa shape index (κ1) is 11.1. The predicted octanol–water partition coefficient (Wildman–Crippen LogP) is 1.90. The summed E-state index contributed by atoms with van der Waals surface area (Å²) in [4.78, 5) is 20.8. The third-order valence-electron chi connectivity index (χ3n) is 2.50. The molecule has 0 aromatic carbocycles. The van der Waals surface area contributed by atoms with Crippen LogP contribution in [0, 0.1) is 0 Å². The number of aromatic nitrogens is 2. The van der Waals surface area contributed by atoms with Gasteiger partial charge in [0.05, 0.1) is 6.33 Å². The molecule has 1 saturated heterocycles. The van der Waals surface area contributed by atoms with E-state index in [1.807, 2.05) is 0 Å². The van der Waals surface area contributed by atoms with Crippen LogP contribution in [-0.4, -0.2) is 27.9 Å². The highest BCUT2D eigenvalue weighted by molar-refractivity contribution is 9.10. The van der Waals surface area contributed by atoms with Crippen LogP contribution in [0.3, 0.4) is 0 Å². The van der Waals surface area contributed by atoms with Crippen molar-refractivity contribution in [3.8, 4) is 0 Å². The summed E-state index contributed by atoms with van der Waals surface area (Å²) in [5.74, 6) is 0.748. The van der Waals surface area contributed by atoms with Gasteiger partial charge in [-0.05, 0) is 28.8 Å². The minimum Gasteiger partial charge on any atom is -0.355 e. The van der Waals surface area contributed by atoms with Crippen molar-refractivity contribution in [3.05, 3.63) is 21.2 Å². The van der Waals surface area contributed by atoms with Crippen molar-refractivity contribution in [1.82, 2.24) is 9.97 Å². The Morgan fingerprint density at radius 2 is 2.13 bits per heavy atom. The van der Waals surface area contributed by atoms with Crippen molar-refractivity contribution in [1.29, 1.82) is 0 Å². The van der Waals surface area contributed by atoms with Gasteiger partial charge in [0, 0.05) is 17.9 Å². The molecule has 0 amide bonds. The third-order valence-corrected chi connectivity index (χ3v) is 4.13. The van der Waals surface area contributed by atoms with Crippen molar-refractivity contribution < 1.29 is 0 Å². The van der Waals surface area contributed by atoms with E-state index in [0.29, 0.717) is 9.30 Å². The number of alkyl halides is 1. The summed E-state index contributed by atoms with van der Waals surface area (Å²) in [7, 11) is 0. The summed E-state index contributed by atoms with van der Waals surface area (Å²) in [6, 6.07) is 0. The van der Waals surface area contributed by atoms with Crippen LogP contribution in [0.2, 0.25) is 0 Å². The van der Waals surface area contributed by atoms with Crippen LogP contribution in [0.25, 0.3) is 0 Å². The Kier molecular flexibility index (Phi) is 3.45. The number of hydrogen-bond acceptors (Lipinski definition) is 3. The summed E-state index contributed by atoms with van der Waals surface area (Å²) < 4.78 is 0.526. The second-order valence-electron chi connectivity index (χ2n) is 3.53. The number of aromatic amines is 1. The average molecular weight is 337 g/mol. The summed E-state index contributed by atoms with van der Waals surface area (Å²) >= 11 is 6.87. The van der Waals surface area contributed by atoms with E-state index in [1.54, 1.807) is 0 Å². The summed E-state index contributed by atoms with van der Waals surface area (Å²) in [5.41, 5.74) is -0.124. The largest absolute Gasteiger partial charge is 0.355 e. The van der Waals surface area contributed by atoms with Crippen molar-refractivity contribution in [2.24, 2.45) is 0 Å². The highest BCUT2D eigenvalue weighted by Gasteiger charge is 2.20. The Bertz CT molecular complexity index is 399. The second-order valence-corrected chi connectivity index (χ2v) is 5.62. The lowest BCUT2D eigenvalue weighted by Crippen LogP contribution is -2.35. The summed E-state index contributed by atoms with van der Waals surface area (Å²) in [6.07, 6.45) is 3.62. The molecule has 6 heteroatoms. The number of piperidine rings is 1. The molecule has 1 aromatic rings. The molecule has 1 aromatic heterocycles. The lowest BCUT2D eigenvalue weighted by molar-refractivity contribution is 0.590. The van der Waals surface area contributed by atoms with Crippen molar-refractivity contribution in [3.63, 3.8) is 0 Å². The maximum Gasteiger partial charge on any atom is 0.267 e. The molecule has 0 spiro atoms. The molecule has 1 fully saturated rings. The number of H-pyrrole nitrogens is 1. The fourth-order valence-corrected chi connectivity index (χ4v) is 2.53. The minimum absolute atomic E-state index is 0.124. The van der Waals surface area contributed by atoms with Gasteiger partial charge < -0.3 is 9.88 Å². The van der Waals surface area contributed by atoms with Crippen LogP contribution in [0.5, 0.6) is 0 Å². The van der Waals surface area contributed by atoms with Gasteiger partial charge >= 0.3 is 0 Å². The van der Waals surface area contributed by atoms with Crippen molar-refractivity contribution in [2.45, 2.75) is 17.7 Å². The highest BCUT2D eigenvalue weighted by atomic mass is 79.9. The molecule has 15 heavy (non-hydrogen) atoms. The first-order valence-corrected chi connectivity index (χ1v) is 6.51. The SMILES string of the molecule is O=c1[nH]cnc(N2CCC(Br)CC2)c1Br. The van der Waals surface area contributed by atoms with Gasteiger partial charge in [-0.2, -0.15) is 0 Å². The smallest absolute Gasteiger partial charge is 0.267 e. The first-order valence-electron chi connectivity index (χ1n) is 4.80. The van der Waals surface area contributed by atoms with Gasteiger partial charge in [0.2, 0.25) is 0 Å². The Morgan fingerprint density at radius 3 is 2.80 bits per heavy atom. The Hall–Kier alpha value is -0.360. The number of nitrogens with one attached hydrogen (secondary N) is 1. The molecule has 0 atom stereocenters. The zero-order chi connectivity index (χ0) is 10.8. The van der Waals surface area contributed by atoms with Crippen molar-refractivity contribution >= 4 is 37.7 Å². The van der Waals surface area contributed by atoms with Crippen LogP contribution < -0.4 is 10.5 Å². The van der Waals surface area contributed by atoms with Gasteiger partial charge in [0.1, 0.15) is 10.3 Å². The fraction of sp³-hybridized carbons (Fsp3) is 0.556. The van der Waals surface area contributed by atoms with Gasteiger partial charge in [-0.15, -0.1) is 0 Å². The van der Waals surface area contributed by atoms with Gasteiger partial charge in [-0.1, -0.05) is 15.9 Å². The average Bonchev–Trinajstić information content (AvgIpc) is 2.24. The Balaban J connectivity index is 2.23. The molecule has 2 rings (SSSR count). The normalized spacial score (nSPS) is 18.1. The van der Waals surface area contributed by atoms with E-state index in [9.17, 15) is 4.79 Å². The third kappa shape index (κ3) is 2.42. The maximum absolute atomic E-state index is 11.4. The van der Waals surface area contributed by atoms with Crippen LogP contribution in [-0.2, 0) is 0 Å². The van der Waals surface area contributed by atoms with Crippen LogP contribution in [0.15, 0.2) is 15.6 Å². The van der Waals surface area contributed by atoms with E-state index >= 15 is 0 Å². The van der Waals surface area contributed by atoms with E-state index < -0.39 is 0 Å². The van der Waals surface area contributed by atoms with Crippen molar-refractivity contribution in [2.75, 3.05) is 18.0 Å². The van der Waals surface area contributed by atoms with Crippen LogP contribution in [0.1, 0.15) is 12.8 Å². The fourth-order valence-electron chi connectivity index (χ4n) is 1.65. The maximum atomic E-state index is 11.4. The van der Waals surface area contributed by atoms with Crippen LogP contribution >= 0.6 is 31.9 Å². The van der Waals surface area contributed by atoms with E-state index in [-0.39, 0.29) is 5.56 Å². The van der Waals surface area contributed by atoms with Gasteiger partial charge in [0.25, 0.3) is 5.56 Å². The van der Waals surface area contributed by atoms with Gasteiger partial charge in [0.15, 0.2) is 0 Å². The number of nitrogens with zero attached hydrogens (tertiary/aromatic N) is 2. The first-order chi connectivity index (χ1) is 7.18. The molecule has 1 aliphatic rings. The summed E-state index contributed by atoms with van der Waals surface area (Å²) in [5, 5.41) is 0. The monoisotopic (exact) mass is 335 g/mol. The van der Waals surface area contributed by atoms with E-state index in [2.05, 4.69) is 46.7 Å². The minimum atomic E-state index is -0.124. The molecular weight excluding hydrogens is 326 g/mol. The molecule has 2 heterocycles. The lowest BCUT2D eigenvalue weighted by atomic mass is 10.1. The Morgan fingerprint density at radius 1 is 1.47 bits per heavy atom. The van der Waals surface area contributed by atoms with E-state index in [4.69, 9.17) is 0 Å². The standard InChI is InChI=1S/C9H11Br2N3O/c10-6-1-3-14(4-2-6)8-7(11)9(15)13-5-12-8/h5-6H,1-4H2,(H,12,13,15). The van der Waals surface area contributed by atoms with Gasteiger partial charge in [-0.25, -0.2) is 4.98 Å². The molecule has 82 valence electrons. The molecule has 0 bridgehead atoms. The highest BCUT2D eigenvalue weighted by Crippen LogP contribution is 2.25. The molecule has 1 N–H and O–H groups in total. The molecule has 0 unspecified atom stereocenters. The number of hydrogen-bond donors (Lipinski definition) is 1. The van der Waals surface area contributed by atoms with Gasteiger partial charge in [-0.3, -0.25) is 4.79 Å².